The minimum Gasteiger partial charge on any atom is -0.460 e. The Morgan fingerprint density at radius 3 is 2.36 bits per heavy atom. The van der Waals surface area contributed by atoms with Gasteiger partial charge in [0.2, 0.25) is 11.8 Å². The van der Waals surface area contributed by atoms with E-state index in [0.29, 0.717) is 24.0 Å². The van der Waals surface area contributed by atoms with Crippen LogP contribution in [0.15, 0.2) is 54.6 Å². The first-order valence-corrected chi connectivity index (χ1v) is 23.0. The van der Waals surface area contributed by atoms with Crippen LogP contribution in [0, 0.1) is 5.41 Å². The minimum atomic E-state index is -1.43. The highest BCUT2D eigenvalue weighted by molar-refractivity contribution is 5.95. The molecule has 4 aliphatic rings. The molecule has 3 aliphatic heterocycles. The van der Waals surface area contributed by atoms with Crippen LogP contribution in [0.25, 0.3) is 6.08 Å². The second kappa shape index (κ2) is 21.1. The molecule has 2 aromatic carbocycles. The Labute approximate surface area is 377 Å². The summed E-state index contributed by atoms with van der Waals surface area (Å²) in [6, 6.07) is 12.5. The Bertz CT molecular complexity index is 2010. The molecule has 1 saturated carbocycles. The van der Waals surface area contributed by atoms with Crippen LogP contribution in [-0.2, 0) is 56.1 Å². The van der Waals surface area contributed by atoms with Crippen molar-refractivity contribution >= 4 is 35.7 Å². The maximum atomic E-state index is 15.1. The summed E-state index contributed by atoms with van der Waals surface area (Å²) in [5, 5.41) is 17.4. The maximum Gasteiger partial charge on any atom is 0.327 e. The summed E-state index contributed by atoms with van der Waals surface area (Å²) < 4.78 is 25.5. The van der Waals surface area contributed by atoms with E-state index in [4.69, 9.17) is 23.8 Å². The van der Waals surface area contributed by atoms with Gasteiger partial charge in [-0.3, -0.25) is 28.8 Å². The maximum absolute atomic E-state index is 15.1. The van der Waals surface area contributed by atoms with Gasteiger partial charge in [0.25, 0.3) is 5.91 Å². The zero-order valence-electron chi connectivity index (χ0n) is 38.6. The summed E-state index contributed by atoms with van der Waals surface area (Å²) in [6.45, 7) is 9.38. The number of likely N-dealkylation sites (N-methyl/N-ethyl adjacent to an activating group) is 1. The molecule has 2 bridgehead atoms. The van der Waals surface area contributed by atoms with Gasteiger partial charge in [-0.1, -0.05) is 75.9 Å². The lowest BCUT2D eigenvalue weighted by molar-refractivity contribution is -0.224. The number of aliphatic hydroxyl groups is 1. The molecule has 1 aliphatic carbocycles. The fourth-order valence-corrected chi connectivity index (χ4v) is 9.35. The Hall–Kier alpha value is -4.67. The number of unbranched alkanes of at least 4 members (excludes halogenated alkanes) is 4. The molecular weight excluding hydrogens is 821 g/mol. The van der Waals surface area contributed by atoms with E-state index in [1.54, 1.807) is 70.3 Å². The number of nitrogens with zero attached hydrogens (tertiary/aromatic N) is 2. The molecule has 3 amide bonds. The lowest BCUT2D eigenvalue weighted by Gasteiger charge is -2.48. The molecule has 3 heterocycles. The van der Waals surface area contributed by atoms with Crippen LogP contribution in [-0.4, -0.2) is 113 Å². The van der Waals surface area contributed by atoms with Crippen LogP contribution in [0.4, 0.5) is 0 Å². The summed E-state index contributed by atoms with van der Waals surface area (Å²) in [4.78, 5) is 76.0. The average Bonchev–Trinajstić information content (AvgIpc) is 3.81. The number of ether oxygens (including phenoxy) is 4. The molecule has 3 saturated heterocycles. The molecule has 15 heteroatoms. The van der Waals surface area contributed by atoms with Crippen LogP contribution >= 0.6 is 0 Å². The molecule has 0 radical (unpaired) electrons. The molecule has 0 spiro atoms. The molecule has 7 atom stereocenters. The van der Waals surface area contributed by atoms with Gasteiger partial charge in [0.1, 0.15) is 35.4 Å². The summed E-state index contributed by atoms with van der Waals surface area (Å²) in [5.41, 5.74) is 0.361. The molecule has 15 nitrogen and oxygen atoms in total. The number of nitrogens with one attached hydrogen (secondary N) is 2. The van der Waals surface area contributed by atoms with Gasteiger partial charge in [0.15, 0.2) is 11.8 Å². The van der Waals surface area contributed by atoms with E-state index in [9.17, 15) is 24.3 Å². The van der Waals surface area contributed by atoms with E-state index in [2.05, 4.69) is 24.5 Å². The molecule has 4 fully saturated rings. The number of hydrogen-bond acceptors (Lipinski definition) is 12. The van der Waals surface area contributed by atoms with E-state index >= 15 is 4.79 Å². The van der Waals surface area contributed by atoms with Crippen molar-refractivity contribution in [1.29, 1.82) is 0 Å². The van der Waals surface area contributed by atoms with Gasteiger partial charge in [0, 0.05) is 58.0 Å². The number of amides is 3. The van der Waals surface area contributed by atoms with Crippen LogP contribution in [0.1, 0.15) is 132 Å². The van der Waals surface area contributed by atoms with E-state index < -0.39 is 77.1 Å². The first-order valence-electron chi connectivity index (χ1n) is 23.0. The highest BCUT2D eigenvalue weighted by atomic mass is 16.8. The zero-order valence-corrected chi connectivity index (χ0v) is 38.6. The van der Waals surface area contributed by atoms with Gasteiger partial charge in [0.05, 0.1) is 19.2 Å². The first-order chi connectivity index (χ1) is 30.5. The molecular formula is C49H68N4O11. The molecule has 7 unspecified atom stereocenters. The van der Waals surface area contributed by atoms with Crippen LogP contribution in [0.3, 0.4) is 0 Å². The van der Waals surface area contributed by atoms with E-state index in [-0.39, 0.29) is 44.9 Å². The van der Waals surface area contributed by atoms with Crippen molar-refractivity contribution in [3.63, 3.8) is 0 Å². The second-order valence-electron chi connectivity index (χ2n) is 18.8. The fourth-order valence-electron chi connectivity index (χ4n) is 9.35. The van der Waals surface area contributed by atoms with Crippen LogP contribution < -0.4 is 10.6 Å². The van der Waals surface area contributed by atoms with Gasteiger partial charge in [-0.2, -0.15) is 5.06 Å². The van der Waals surface area contributed by atoms with Crippen molar-refractivity contribution in [2.24, 2.45) is 5.41 Å². The van der Waals surface area contributed by atoms with Gasteiger partial charge in [-0.05, 0) is 74.9 Å². The second-order valence-corrected chi connectivity index (χ2v) is 18.8. The van der Waals surface area contributed by atoms with Gasteiger partial charge in [-0.25, -0.2) is 0 Å². The van der Waals surface area contributed by atoms with Crippen LogP contribution in [0.5, 0.6) is 0 Å². The minimum absolute atomic E-state index is 0.0208. The predicted octanol–water partition coefficient (Wildman–Crippen LogP) is 5.76. The normalized spacial score (nSPS) is 25.1. The summed E-state index contributed by atoms with van der Waals surface area (Å²) >= 11 is 0. The fraction of sp³-hybridized carbons (Fsp3) is 0.612. The van der Waals surface area contributed by atoms with Crippen molar-refractivity contribution in [2.45, 2.75) is 166 Å². The zero-order chi connectivity index (χ0) is 46.2. The Balaban J connectivity index is 1.26. The topological polar surface area (TPSA) is 182 Å². The first kappa shape index (κ1) is 48.8. The lowest BCUT2D eigenvalue weighted by atomic mass is 9.62. The largest absolute Gasteiger partial charge is 0.460 e. The third-order valence-electron chi connectivity index (χ3n) is 12.5. The van der Waals surface area contributed by atoms with Gasteiger partial charge >= 0.3 is 11.9 Å². The number of rotatable bonds is 21. The number of hydroxylamine groups is 2. The van der Waals surface area contributed by atoms with Crippen molar-refractivity contribution in [2.75, 3.05) is 20.7 Å². The van der Waals surface area contributed by atoms with E-state index in [0.717, 1.165) is 49.7 Å². The van der Waals surface area contributed by atoms with Crippen molar-refractivity contribution in [3.8, 4) is 0 Å². The number of aliphatic hydroxyl groups excluding tert-OH is 1. The number of carbonyl (C=O) groups is 5. The standard InChI is InChI=1S/C49H68N4O11/c1-8-10-14-25-48(26-15-11-9-2)62-40-37-28-49(46(59)50-29-32-17-16-20-34(27-32)44(57)51-36(31-54)22-24-39(56)61-47(3,4)5)42(45(58)60-37)53(64-43(49)41(40)63-48)30-35-19-13-12-18-33(35)21-23-38(55)52(6)7/h12-13,16-21,23,27,36-37,40-43,54H,8-11,14-15,22,24-26,28-31H2,1-7H3,(H,50,59)(H,51,57). The molecule has 350 valence electrons. The molecule has 0 aromatic heterocycles. The third-order valence-corrected chi connectivity index (χ3v) is 12.5. The van der Waals surface area contributed by atoms with Crippen molar-refractivity contribution < 1.29 is 52.9 Å². The Kier molecular flexibility index (Phi) is 16.1. The van der Waals surface area contributed by atoms with Crippen molar-refractivity contribution in [1.82, 2.24) is 20.6 Å². The molecule has 3 N–H and O–H groups in total. The predicted molar refractivity (Wildman–Crippen MR) is 238 cm³/mol. The quantitative estimate of drug-likeness (QED) is 0.0785. The van der Waals surface area contributed by atoms with Gasteiger partial charge < -0.3 is 39.6 Å². The Morgan fingerprint density at radius 2 is 1.69 bits per heavy atom. The van der Waals surface area contributed by atoms with Crippen LogP contribution in [0.2, 0.25) is 0 Å². The third kappa shape index (κ3) is 11.2. The monoisotopic (exact) mass is 888 g/mol. The van der Waals surface area contributed by atoms with Crippen molar-refractivity contribution in [3.05, 3.63) is 76.9 Å². The highest BCUT2D eigenvalue weighted by Crippen LogP contribution is 2.58. The number of carbonyl (C=O) groups excluding carboxylic acids is 5. The number of benzene rings is 2. The number of esters is 2. The Morgan fingerprint density at radius 1 is 0.984 bits per heavy atom. The van der Waals surface area contributed by atoms with E-state index in [1.807, 2.05) is 24.3 Å². The molecule has 2 aromatic rings. The van der Waals surface area contributed by atoms with E-state index in [1.165, 1.54) is 11.0 Å². The summed E-state index contributed by atoms with van der Waals surface area (Å²) in [5.74, 6) is -2.98. The summed E-state index contributed by atoms with van der Waals surface area (Å²) in [7, 11) is 3.35. The number of fused-ring (bicyclic) bond motifs is 4. The average molecular weight is 889 g/mol. The molecule has 64 heavy (non-hydrogen) atoms. The highest BCUT2D eigenvalue weighted by Gasteiger charge is 2.76. The smallest absolute Gasteiger partial charge is 0.327 e. The lowest BCUT2D eigenvalue weighted by Crippen LogP contribution is -2.69. The SMILES string of the molecule is CCCCCC1(CCCCC)OC2C3CC4(C(=O)NCc5cccc(C(=O)NC(CO)CCC(=O)OC(C)(C)C)c5)C(ON(Cc5ccccc5C=CC(=O)N(C)C)C4C(=O)O3)C2O1. The van der Waals surface area contributed by atoms with Gasteiger partial charge in [-0.15, -0.1) is 0 Å². The molecule has 6 rings (SSSR count). The summed E-state index contributed by atoms with van der Waals surface area (Å²) in [6.07, 6.45) is 7.71. The number of hydrogen-bond donors (Lipinski definition) is 3.